The van der Waals surface area contributed by atoms with Crippen LogP contribution in [0.1, 0.15) is 37.2 Å². The van der Waals surface area contributed by atoms with Gasteiger partial charge in [-0.1, -0.05) is 12.8 Å². The van der Waals surface area contributed by atoms with Gasteiger partial charge in [0.1, 0.15) is 11.6 Å². The topological polar surface area (TPSA) is 32.3 Å². The van der Waals surface area contributed by atoms with Gasteiger partial charge in [-0.3, -0.25) is 4.90 Å². The van der Waals surface area contributed by atoms with Gasteiger partial charge in [0.2, 0.25) is 0 Å². The molecule has 104 valence electrons. The van der Waals surface area contributed by atoms with E-state index in [0.29, 0.717) is 0 Å². The minimum absolute atomic E-state index is 0.857. The van der Waals surface area contributed by atoms with Gasteiger partial charge in [-0.05, 0) is 26.7 Å². The Labute approximate surface area is 115 Å². The molecule has 2 aliphatic rings. The molecule has 1 saturated heterocycles. The Balaban J connectivity index is 1.63. The van der Waals surface area contributed by atoms with Crippen LogP contribution < -0.4 is 4.90 Å². The smallest absolute Gasteiger partial charge is 0.132 e. The summed E-state index contributed by atoms with van der Waals surface area (Å²) in [7, 11) is 0. The number of aryl methyl sites for hydroxylation is 2. The van der Waals surface area contributed by atoms with Gasteiger partial charge in [0.05, 0.1) is 0 Å². The number of rotatable bonds is 2. The molecule has 3 rings (SSSR count). The molecular weight excluding hydrogens is 236 g/mol. The summed E-state index contributed by atoms with van der Waals surface area (Å²) in [6.07, 6.45) is 5.67. The average molecular weight is 260 g/mol. The van der Waals surface area contributed by atoms with E-state index >= 15 is 0 Å². The zero-order valence-corrected chi connectivity index (χ0v) is 12.1. The van der Waals surface area contributed by atoms with E-state index in [1.807, 2.05) is 13.8 Å². The van der Waals surface area contributed by atoms with E-state index in [1.54, 1.807) is 0 Å². The van der Waals surface area contributed by atoms with Crippen LogP contribution in [-0.4, -0.2) is 47.1 Å². The van der Waals surface area contributed by atoms with Crippen LogP contribution in [0.15, 0.2) is 6.07 Å². The lowest BCUT2D eigenvalue weighted by Crippen LogP contribution is -2.50. The number of aromatic nitrogens is 2. The van der Waals surface area contributed by atoms with Crippen LogP contribution in [0.3, 0.4) is 0 Å². The summed E-state index contributed by atoms with van der Waals surface area (Å²) in [5.41, 5.74) is 1.07. The molecule has 2 heterocycles. The van der Waals surface area contributed by atoms with Gasteiger partial charge in [0, 0.05) is 44.0 Å². The van der Waals surface area contributed by atoms with Crippen LogP contribution in [0.5, 0.6) is 0 Å². The standard InChI is InChI=1S/C15H24N4/c1-12-11-15(17-13(2)16-12)19-9-7-18(8-10-19)14-5-3-4-6-14/h11,14H,3-10H2,1-2H3. The Morgan fingerprint density at radius 2 is 1.68 bits per heavy atom. The first-order valence-electron chi connectivity index (χ1n) is 7.53. The van der Waals surface area contributed by atoms with Gasteiger partial charge < -0.3 is 4.90 Å². The third-order valence-corrected chi connectivity index (χ3v) is 4.43. The van der Waals surface area contributed by atoms with Gasteiger partial charge >= 0.3 is 0 Å². The lowest BCUT2D eigenvalue weighted by Gasteiger charge is -2.38. The number of hydrogen-bond donors (Lipinski definition) is 0. The third kappa shape index (κ3) is 2.89. The maximum absolute atomic E-state index is 4.58. The van der Waals surface area contributed by atoms with Gasteiger partial charge in [-0.15, -0.1) is 0 Å². The van der Waals surface area contributed by atoms with Crippen molar-refractivity contribution in [1.29, 1.82) is 0 Å². The van der Waals surface area contributed by atoms with E-state index in [9.17, 15) is 0 Å². The molecule has 1 aliphatic heterocycles. The molecule has 0 aromatic carbocycles. The Morgan fingerprint density at radius 1 is 1.00 bits per heavy atom. The highest BCUT2D eigenvalue weighted by atomic mass is 15.3. The Hall–Kier alpha value is -1.16. The number of nitrogens with zero attached hydrogens (tertiary/aromatic N) is 4. The highest BCUT2D eigenvalue weighted by Gasteiger charge is 2.26. The molecule has 0 atom stereocenters. The normalized spacial score (nSPS) is 22.1. The fourth-order valence-corrected chi connectivity index (χ4v) is 3.44. The minimum atomic E-state index is 0.857. The van der Waals surface area contributed by atoms with Crippen molar-refractivity contribution in [2.45, 2.75) is 45.6 Å². The first-order chi connectivity index (χ1) is 9.22. The SMILES string of the molecule is Cc1cc(N2CCN(C3CCCC3)CC2)nc(C)n1. The maximum Gasteiger partial charge on any atom is 0.132 e. The fourth-order valence-electron chi connectivity index (χ4n) is 3.44. The summed E-state index contributed by atoms with van der Waals surface area (Å²) in [6, 6.07) is 2.97. The maximum atomic E-state index is 4.58. The van der Waals surface area contributed by atoms with E-state index in [-0.39, 0.29) is 0 Å². The summed E-state index contributed by atoms with van der Waals surface area (Å²) in [5.74, 6) is 1.99. The first kappa shape index (κ1) is 12.9. The zero-order chi connectivity index (χ0) is 13.2. The minimum Gasteiger partial charge on any atom is -0.354 e. The molecule has 4 nitrogen and oxygen atoms in total. The van der Waals surface area contributed by atoms with E-state index < -0.39 is 0 Å². The first-order valence-corrected chi connectivity index (χ1v) is 7.53. The number of hydrogen-bond acceptors (Lipinski definition) is 4. The van der Waals surface area contributed by atoms with Crippen molar-refractivity contribution in [3.63, 3.8) is 0 Å². The Kier molecular flexibility index (Phi) is 3.69. The average Bonchev–Trinajstić information content (AvgIpc) is 2.91. The van der Waals surface area contributed by atoms with Crippen molar-refractivity contribution in [3.05, 3.63) is 17.6 Å². The van der Waals surface area contributed by atoms with E-state index in [1.165, 1.54) is 38.8 Å². The van der Waals surface area contributed by atoms with Crippen LogP contribution in [0.2, 0.25) is 0 Å². The summed E-state index contributed by atoms with van der Waals surface area (Å²) in [5, 5.41) is 0. The highest BCUT2D eigenvalue weighted by Crippen LogP contribution is 2.25. The lowest BCUT2D eigenvalue weighted by molar-refractivity contribution is 0.187. The number of anilines is 1. The molecule has 4 heteroatoms. The molecule has 1 saturated carbocycles. The van der Waals surface area contributed by atoms with Crippen molar-refractivity contribution < 1.29 is 0 Å². The monoisotopic (exact) mass is 260 g/mol. The molecule has 0 amide bonds. The Morgan fingerprint density at radius 3 is 2.32 bits per heavy atom. The lowest BCUT2D eigenvalue weighted by atomic mass is 10.2. The second-order valence-electron chi connectivity index (χ2n) is 5.88. The van der Waals surface area contributed by atoms with E-state index in [2.05, 4.69) is 25.8 Å². The molecule has 1 aromatic rings. The van der Waals surface area contributed by atoms with Crippen LogP contribution in [0.4, 0.5) is 5.82 Å². The van der Waals surface area contributed by atoms with Crippen molar-refractivity contribution in [1.82, 2.24) is 14.9 Å². The second-order valence-corrected chi connectivity index (χ2v) is 5.88. The molecule has 1 aromatic heterocycles. The van der Waals surface area contributed by atoms with Crippen LogP contribution in [0.25, 0.3) is 0 Å². The molecular formula is C15H24N4. The van der Waals surface area contributed by atoms with Gasteiger partial charge in [0.25, 0.3) is 0 Å². The molecule has 0 spiro atoms. The van der Waals surface area contributed by atoms with Crippen LogP contribution >= 0.6 is 0 Å². The van der Waals surface area contributed by atoms with Crippen LogP contribution in [0, 0.1) is 13.8 Å². The quantitative estimate of drug-likeness (QED) is 0.815. The molecule has 0 radical (unpaired) electrons. The van der Waals surface area contributed by atoms with Crippen molar-refractivity contribution in [2.75, 3.05) is 31.1 Å². The largest absolute Gasteiger partial charge is 0.354 e. The predicted molar refractivity (Wildman–Crippen MR) is 77.5 cm³/mol. The zero-order valence-electron chi connectivity index (χ0n) is 12.1. The van der Waals surface area contributed by atoms with Crippen molar-refractivity contribution >= 4 is 5.82 Å². The molecule has 19 heavy (non-hydrogen) atoms. The summed E-state index contributed by atoms with van der Waals surface area (Å²) >= 11 is 0. The third-order valence-electron chi connectivity index (χ3n) is 4.43. The summed E-state index contributed by atoms with van der Waals surface area (Å²) in [4.78, 5) is 14.0. The molecule has 0 bridgehead atoms. The summed E-state index contributed by atoms with van der Waals surface area (Å²) < 4.78 is 0. The van der Waals surface area contributed by atoms with Gasteiger partial charge in [-0.2, -0.15) is 0 Å². The van der Waals surface area contributed by atoms with E-state index in [0.717, 1.165) is 36.5 Å². The van der Waals surface area contributed by atoms with Crippen LogP contribution in [-0.2, 0) is 0 Å². The van der Waals surface area contributed by atoms with Crippen molar-refractivity contribution in [2.24, 2.45) is 0 Å². The van der Waals surface area contributed by atoms with Gasteiger partial charge in [0.15, 0.2) is 0 Å². The summed E-state index contributed by atoms with van der Waals surface area (Å²) in [6.45, 7) is 8.61. The fraction of sp³-hybridized carbons (Fsp3) is 0.733. The second kappa shape index (κ2) is 5.45. The van der Waals surface area contributed by atoms with Gasteiger partial charge in [-0.25, -0.2) is 9.97 Å². The highest BCUT2D eigenvalue weighted by molar-refractivity contribution is 5.40. The molecule has 0 unspecified atom stereocenters. The molecule has 1 aliphatic carbocycles. The predicted octanol–water partition coefficient (Wildman–Crippen LogP) is 2.16. The van der Waals surface area contributed by atoms with E-state index in [4.69, 9.17) is 0 Å². The Bertz CT molecular complexity index is 412. The number of piperazine rings is 1. The molecule has 2 fully saturated rings. The molecule has 0 N–H and O–H groups in total. The van der Waals surface area contributed by atoms with Crippen molar-refractivity contribution in [3.8, 4) is 0 Å².